The molecule has 2 rings (SSSR count). The van der Waals surface area contributed by atoms with Gasteiger partial charge >= 0.3 is 6.09 Å². The smallest absolute Gasteiger partial charge is 0.411 e. The molecular weight excluding hydrogens is 444 g/mol. The van der Waals surface area contributed by atoms with Gasteiger partial charge in [-0.15, -0.1) is 11.8 Å². The minimum atomic E-state index is -0.572. The molecule has 0 atom stereocenters. The molecule has 0 fully saturated rings. The van der Waals surface area contributed by atoms with E-state index in [9.17, 15) is 9.59 Å². The largest absolute Gasteiger partial charge is 0.447 e. The molecule has 28 heavy (non-hydrogen) atoms. The van der Waals surface area contributed by atoms with Gasteiger partial charge in [0.15, 0.2) is 0 Å². The van der Waals surface area contributed by atoms with Crippen molar-refractivity contribution in [3.05, 3.63) is 52.0 Å². The molecule has 0 aliphatic rings. The zero-order chi connectivity index (χ0) is 20.5. The van der Waals surface area contributed by atoms with Crippen molar-refractivity contribution in [2.75, 3.05) is 36.7 Å². The van der Waals surface area contributed by atoms with Crippen LogP contribution in [0, 0.1) is 13.8 Å². The number of hydrogen-bond acceptors (Lipinski definition) is 5. The molecule has 0 heterocycles. The number of thioether (sulfide) groups is 1. The van der Waals surface area contributed by atoms with Gasteiger partial charge in [-0.3, -0.25) is 10.1 Å². The highest BCUT2D eigenvalue weighted by atomic mass is 79.9. The molecule has 0 aliphatic heterocycles. The first-order chi connectivity index (χ1) is 13.4. The maximum Gasteiger partial charge on any atom is 0.411 e. The maximum atomic E-state index is 12.3. The summed E-state index contributed by atoms with van der Waals surface area (Å²) in [5.74, 6) is 0.170. The van der Waals surface area contributed by atoms with Crippen LogP contribution in [-0.2, 0) is 14.3 Å². The molecule has 0 aliphatic carbocycles. The number of carbonyl (C=O) groups is 2. The fourth-order valence-electron chi connectivity index (χ4n) is 2.30. The van der Waals surface area contributed by atoms with E-state index in [1.54, 1.807) is 24.3 Å². The van der Waals surface area contributed by atoms with Gasteiger partial charge in [-0.2, -0.15) is 0 Å². The minimum Gasteiger partial charge on any atom is -0.447 e. The number of hydrogen-bond donors (Lipinski definition) is 2. The Morgan fingerprint density at radius 3 is 2.46 bits per heavy atom. The summed E-state index contributed by atoms with van der Waals surface area (Å²) in [6, 6.07) is 11.0. The molecule has 0 bridgehead atoms. The van der Waals surface area contributed by atoms with Gasteiger partial charge in [0.1, 0.15) is 6.61 Å². The fraction of sp³-hybridized carbons (Fsp3) is 0.300. The summed E-state index contributed by atoms with van der Waals surface area (Å²) in [6.07, 6.45) is -0.572. The van der Waals surface area contributed by atoms with Crippen LogP contribution in [0.5, 0.6) is 0 Å². The molecule has 0 unspecified atom stereocenters. The first-order valence-corrected chi connectivity index (χ1v) is 10.4. The Balaban J connectivity index is 1.88. The van der Waals surface area contributed by atoms with Crippen LogP contribution in [0.15, 0.2) is 45.8 Å². The number of nitrogens with one attached hydrogen (secondary N) is 2. The number of methoxy groups -OCH3 is 1. The third-order valence-corrected chi connectivity index (χ3v) is 5.74. The summed E-state index contributed by atoms with van der Waals surface area (Å²) in [7, 11) is 1.53. The minimum absolute atomic E-state index is 0.121. The van der Waals surface area contributed by atoms with Gasteiger partial charge in [0.25, 0.3) is 0 Å². The molecule has 150 valence electrons. The standard InChI is InChI=1S/C20H23BrN2O4S/c1-13-10-18(14(2)9-17(13)21)28-12-19(24)22-15-5-4-6-16(11-15)23-20(25)27-8-7-26-3/h4-6,9-11H,7-8,12H2,1-3H3,(H,22,24)(H,23,25). The van der Waals surface area contributed by atoms with Gasteiger partial charge in [-0.1, -0.05) is 22.0 Å². The third-order valence-electron chi connectivity index (χ3n) is 3.73. The quantitative estimate of drug-likeness (QED) is 0.423. The Labute approximate surface area is 177 Å². The second-order valence-electron chi connectivity index (χ2n) is 6.04. The average Bonchev–Trinajstić information content (AvgIpc) is 2.64. The topological polar surface area (TPSA) is 76.7 Å². The summed E-state index contributed by atoms with van der Waals surface area (Å²) in [5.41, 5.74) is 3.38. The third kappa shape index (κ3) is 7.18. The lowest BCUT2D eigenvalue weighted by Crippen LogP contribution is -2.17. The van der Waals surface area contributed by atoms with Crippen LogP contribution in [0.2, 0.25) is 0 Å². The number of aryl methyl sites for hydroxylation is 2. The van der Waals surface area contributed by atoms with E-state index in [4.69, 9.17) is 9.47 Å². The summed E-state index contributed by atoms with van der Waals surface area (Å²) in [5, 5.41) is 5.46. The van der Waals surface area contributed by atoms with Crippen molar-refractivity contribution in [2.45, 2.75) is 18.7 Å². The highest BCUT2D eigenvalue weighted by Crippen LogP contribution is 2.28. The van der Waals surface area contributed by atoms with E-state index in [-0.39, 0.29) is 12.5 Å². The van der Waals surface area contributed by atoms with E-state index in [0.29, 0.717) is 23.7 Å². The zero-order valence-electron chi connectivity index (χ0n) is 16.0. The highest BCUT2D eigenvalue weighted by molar-refractivity contribution is 9.10. The molecular formula is C20H23BrN2O4S. The van der Waals surface area contributed by atoms with Crippen molar-refractivity contribution < 1.29 is 19.1 Å². The lowest BCUT2D eigenvalue weighted by atomic mass is 10.2. The van der Waals surface area contributed by atoms with Crippen molar-refractivity contribution in [2.24, 2.45) is 0 Å². The van der Waals surface area contributed by atoms with Crippen LogP contribution in [-0.4, -0.2) is 38.1 Å². The van der Waals surface area contributed by atoms with Gasteiger partial charge in [-0.25, -0.2) is 4.79 Å². The van der Waals surface area contributed by atoms with Gasteiger partial charge in [0.05, 0.1) is 12.4 Å². The Bertz CT molecular complexity index is 845. The molecule has 2 aromatic carbocycles. The molecule has 0 saturated carbocycles. The second-order valence-corrected chi connectivity index (χ2v) is 7.91. The van der Waals surface area contributed by atoms with Crippen LogP contribution < -0.4 is 10.6 Å². The molecule has 0 radical (unpaired) electrons. The van der Waals surface area contributed by atoms with Gasteiger partial charge in [0, 0.05) is 27.9 Å². The number of rotatable bonds is 8. The number of ether oxygens (including phenoxy) is 2. The van der Waals surface area contributed by atoms with Crippen LogP contribution >= 0.6 is 27.7 Å². The van der Waals surface area contributed by atoms with E-state index in [2.05, 4.69) is 38.7 Å². The Hall–Kier alpha value is -2.03. The molecule has 0 saturated heterocycles. The van der Waals surface area contributed by atoms with Crippen molar-refractivity contribution >= 4 is 51.1 Å². The summed E-state index contributed by atoms with van der Waals surface area (Å²) in [6.45, 7) is 4.54. The Kier molecular flexibility index (Phi) is 8.82. The van der Waals surface area contributed by atoms with Crippen LogP contribution in [0.3, 0.4) is 0 Å². The van der Waals surface area contributed by atoms with Crippen molar-refractivity contribution in [1.29, 1.82) is 0 Å². The molecule has 2 amide bonds. The lowest BCUT2D eigenvalue weighted by molar-refractivity contribution is -0.113. The molecule has 8 heteroatoms. The Morgan fingerprint density at radius 2 is 1.75 bits per heavy atom. The van der Waals surface area contributed by atoms with Crippen LogP contribution in [0.1, 0.15) is 11.1 Å². The van der Waals surface area contributed by atoms with Crippen molar-refractivity contribution in [3.8, 4) is 0 Å². The van der Waals surface area contributed by atoms with E-state index >= 15 is 0 Å². The van der Waals surface area contributed by atoms with Crippen LogP contribution in [0.4, 0.5) is 16.2 Å². The van der Waals surface area contributed by atoms with E-state index in [1.807, 2.05) is 13.8 Å². The number of benzene rings is 2. The number of anilines is 2. The average molecular weight is 467 g/mol. The predicted octanol–water partition coefficient (Wildman–Crippen LogP) is 4.99. The summed E-state index contributed by atoms with van der Waals surface area (Å²) >= 11 is 5.00. The van der Waals surface area contributed by atoms with E-state index in [0.717, 1.165) is 20.5 Å². The number of halogens is 1. The highest BCUT2D eigenvalue weighted by Gasteiger charge is 2.09. The first-order valence-electron chi connectivity index (χ1n) is 8.61. The lowest BCUT2D eigenvalue weighted by Gasteiger charge is -2.10. The Morgan fingerprint density at radius 1 is 1.04 bits per heavy atom. The predicted molar refractivity (Wildman–Crippen MR) is 116 cm³/mol. The zero-order valence-corrected chi connectivity index (χ0v) is 18.4. The number of amides is 2. The summed E-state index contributed by atoms with van der Waals surface area (Å²) in [4.78, 5) is 25.0. The normalized spacial score (nSPS) is 10.4. The molecule has 2 N–H and O–H groups in total. The van der Waals surface area contributed by atoms with Gasteiger partial charge < -0.3 is 14.8 Å². The molecule has 0 aromatic heterocycles. The monoisotopic (exact) mass is 466 g/mol. The fourth-order valence-corrected chi connectivity index (χ4v) is 3.66. The van der Waals surface area contributed by atoms with Gasteiger partial charge in [-0.05, 0) is 55.3 Å². The maximum absolute atomic E-state index is 12.3. The summed E-state index contributed by atoms with van der Waals surface area (Å²) < 4.78 is 10.8. The van der Waals surface area contributed by atoms with Crippen molar-refractivity contribution in [1.82, 2.24) is 0 Å². The SMILES string of the molecule is COCCOC(=O)Nc1cccc(NC(=O)CSc2cc(C)c(Br)cc2C)c1. The molecule has 2 aromatic rings. The van der Waals surface area contributed by atoms with Gasteiger partial charge in [0.2, 0.25) is 5.91 Å². The van der Waals surface area contributed by atoms with E-state index < -0.39 is 6.09 Å². The molecule has 6 nitrogen and oxygen atoms in total. The van der Waals surface area contributed by atoms with Crippen molar-refractivity contribution in [3.63, 3.8) is 0 Å². The van der Waals surface area contributed by atoms with Crippen LogP contribution in [0.25, 0.3) is 0 Å². The second kappa shape index (κ2) is 11.1. The first kappa shape index (κ1) is 22.3. The number of carbonyl (C=O) groups excluding carboxylic acids is 2. The van der Waals surface area contributed by atoms with E-state index in [1.165, 1.54) is 18.9 Å². The molecule has 0 spiro atoms.